The number of carbonyl (C=O) groups excluding carboxylic acids is 1. The molecule has 0 spiro atoms. The fourth-order valence-corrected chi connectivity index (χ4v) is 3.64. The Morgan fingerprint density at radius 1 is 1.48 bits per heavy atom. The van der Waals surface area contributed by atoms with Gasteiger partial charge in [-0.3, -0.25) is 14.6 Å². The fourth-order valence-electron chi connectivity index (χ4n) is 2.82. The van der Waals surface area contributed by atoms with Crippen molar-refractivity contribution < 1.29 is 9.53 Å². The Morgan fingerprint density at radius 3 is 2.78 bits per heavy atom. The Kier molecular flexibility index (Phi) is 6.52. The molecule has 7 heteroatoms. The fraction of sp³-hybridized carbons (Fsp3) is 0.750. The van der Waals surface area contributed by atoms with Crippen molar-refractivity contribution in [3.63, 3.8) is 0 Å². The zero-order valence-electron chi connectivity index (χ0n) is 14.8. The lowest BCUT2D eigenvalue weighted by atomic mass is 10.1. The molecule has 1 aromatic rings. The van der Waals surface area contributed by atoms with Crippen molar-refractivity contribution in [2.45, 2.75) is 39.8 Å². The summed E-state index contributed by atoms with van der Waals surface area (Å²) in [6.45, 7) is 12.6. The van der Waals surface area contributed by atoms with Gasteiger partial charge in [0.05, 0.1) is 18.3 Å². The van der Waals surface area contributed by atoms with Crippen molar-refractivity contribution in [2.24, 2.45) is 0 Å². The van der Waals surface area contributed by atoms with Crippen molar-refractivity contribution in [1.29, 1.82) is 0 Å². The number of methoxy groups -OCH3 is 1. The number of hydrogen-bond donors (Lipinski definition) is 1. The van der Waals surface area contributed by atoms with Crippen LogP contribution in [0.5, 0.6) is 0 Å². The van der Waals surface area contributed by atoms with Crippen molar-refractivity contribution in [3.05, 3.63) is 10.6 Å². The molecule has 0 unspecified atom stereocenters. The lowest BCUT2D eigenvalue weighted by Gasteiger charge is -2.41. The highest BCUT2D eigenvalue weighted by Crippen LogP contribution is 2.22. The molecule has 2 rings (SSSR count). The average Bonchev–Trinajstić information content (AvgIpc) is 2.83. The van der Waals surface area contributed by atoms with Gasteiger partial charge in [0.2, 0.25) is 5.91 Å². The number of nitrogens with zero attached hydrogens (tertiary/aromatic N) is 3. The maximum Gasteiger partial charge on any atom is 0.243 e. The number of aromatic nitrogens is 1. The van der Waals surface area contributed by atoms with E-state index in [4.69, 9.17) is 4.74 Å². The van der Waals surface area contributed by atoms with E-state index in [2.05, 4.69) is 27.0 Å². The molecule has 0 bridgehead atoms. The van der Waals surface area contributed by atoms with Gasteiger partial charge >= 0.3 is 0 Å². The van der Waals surface area contributed by atoms with Gasteiger partial charge < -0.3 is 10.1 Å². The van der Waals surface area contributed by atoms with E-state index >= 15 is 0 Å². The third-order valence-electron chi connectivity index (χ3n) is 4.56. The molecule has 23 heavy (non-hydrogen) atoms. The van der Waals surface area contributed by atoms with Crippen LogP contribution in [0.4, 0.5) is 5.13 Å². The van der Waals surface area contributed by atoms with Crippen LogP contribution in [-0.4, -0.2) is 72.7 Å². The first-order valence-electron chi connectivity index (χ1n) is 8.14. The summed E-state index contributed by atoms with van der Waals surface area (Å²) in [5, 5.41) is 3.65. The van der Waals surface area contributed by atoms with Crippen LogP contribution >= 0.6 is 11.3 Å². The second kappa shape index (κ2) is 8.19. The Labute approximate surface area is 142 Å². The normalized spacial score (nSPS) is 21.3. The Morgan fingerprint density at radius 2 is 2.22 bits per heavy atom. The SMILES string of the molecule is COCCN1CCN([C@H](C)C(=O)Nc2nc(C)c(C)s2)C[C@@H]1C. The highest BCUT2D eigenvalue weighted by Gasteiger charge is 2.29. The summed E-state index contributed by atoms with van der Waals surface area (Å²) in [6.07, 6.45) is 0. The second-order valence-electron chi connectivity index (χ2n) is 6.20. The number of rotatable bonds is 6. The van der Waals surface area contributed by atoms with Crippen LogP contribution in [0, 0.1) is 13.8 Å². The van der Waals surface area contributed by atoms with E-state index in [0.29, 0.717) is 11.2 Å². The molecule has 1 N–H and O–H groups in total. The largest absolute Gasteiger partial charge is 0.383 e. The molecule has 0 aliphatic carbocycles. The molecule has 1 aliphatic rings. The molecule has 2 atom stereocenters. The molecule has 130 valence electrons. The maximum atomic E-state index is 12.5. The van der Waals surface area contributed by atoms with Crippen molar-refractivity contribution >= 4 is 22.4 Å². The number of piperazine rings is 1. The Balaban J connectivity index is 1.87. The zero-order chi connectivity index (χ0) is 17.0. The minimum atomic E-state index is -0.147. The van der Waals surface area contributed by atoms with Gasteiger partial charge in [-0.15, -0.1) is 11.3 Å². The number of nitrogens with one attached hydrogen (secondary N) is 1. The highest BCUT2D eigenvalue weighted by molar-refractivity contribution is 7.15. The van der Waals surface area contributed by atoms with E-state index in [1.165, 1.54) is 11.3 Å². The molecule has 1 aliphatic heterocycles. The number of thiazole rings is 1. The number of hydrogen-bond acceptors (Lipinski definition) is 6. The van der Waals surface area contributed by atoms with Crippen molar-refractivity contribution in [3.8, 4) is 0 Å². The van der Waals surface area contributed by atoms with Gasteiger partial charge in [-0.2, -0.15) is 0 Å². The van der Waals surface area contributed by atoms with Gasteiger partial charge in [-0.1, -0.05) is 0 Å². The molecule has 1 saturated heterocycles. The van der Waals surface area contributed by atoms with Crippen LogP contribution in [0.3, 0.4) is 0 Å². The summed E-state index contributed by atoms with van der Waals surface area (Å²) in [4.78, 5) is 22.7. The predicted molar refractivity (Wildman–Crippen MR) is 94.2 cm³/mol. The van der Waals surface area contributed by atoms with E-state index in [1.54, 1.807) is 7.11 Å². The van der Waals surface area contributed by atoms with Gasteiger partial charge in [0.1, 0.15) is 0 Å². The first-order valence-corrected chi connectivity index (χ1v) is 8.96. The molecule has 0 aromatic carbocycles. The summed E-state index contributed by atoms with van der Waals surface area (Å²) in [5.41, 5.74) is 0.985. The second-order valence-corrected chi connectivity index (χ2v) is 7.40. The highest BCUT2D eigenvalue weighted by atomic mass is 32.1. The van der Waals surface area contributed by atoms with Crippen LogP contribution < -0.4 is 5.32 Å². The monoisotopic (exact) mass is 340 g/mol. The van der Waals surface area contributed by atoms with Crippen LogP contribution in [0.1, 0.15) is 24.4 Å². The molecule has 2 heterocycles. The summed E-state index contributed by atoms with van der Waals surface area (Å²) in [6, 6.07) is 0.282. The summed E-state index contributed by atoms with van der Waals surface area (Å²) in [7, 11) is 1.73. The molecule has 6 nitrogen and oxygen atoms in total. The molecule has 0 saturated carbocycles. The Hall–Kier alpha value is -1.02. The quantitative estimate of drug-likeness (QED) is 0.855. The first-order chi connectivity index (χ1) is 10.9. The van der Waals surface area contributed by atoms with Gasteiger partial charge in [0.25, 0.3) is 0 Å². The average molecular weight is 340 g/mol. The number of anilines is 1. The molecule has 1 fully saturated rings. The van der Waals surface area contributed by atoms with Gasteiger partial charge in [-0.05, 0) is 27.7 Å². The lowest BCUT2D eigenvalue weighted by Crippen LogP contribution is -2.57. The molecule has 1 amide bonds. The third kappa shape index (κ3) is 4.73. The maximum absolute atomic E-state index is 12.5. The number of ether oxygens (including phenoxy) is 1. The number of amides is 1. The smallest absolute Gasteiger partial charge is 0.243 e. The molecule has 1 aromatic heterocycles. The van der Waals surface area contributed by atoms with Crippen LogP contribution in [-0.2, 0) is 9.53 Å². The topological polar surface area (TPSA) is 57.7 Å². The standard InChI is InChI=1S/C16H28N4O2S/c1-11-10-20(7-6-19(11)8-9-22-5)13(3)15(21)18-16-17-12(2)14(4)23-16/h11,13H,6-10H2,1-5H3,(H,17,18,21)/t11-,13+/m0/s1. The number of carbonyl (C=O) groups is 1. The summed E-state index contributed by atoms with van der Waals surface area (Å²) < 4.78 is 5.16. The van der Waals surface area contributed by atoms with E-state index in [0.717, 1.165) is 43.4 Å². The van der Waals surface area contributed by atoms with E-state index in [9.17, 15) is 4.79 Å². The summed E-state index contributed by atoms with van der Waals surface area (Å²) >= 11 is 1.53. The lowest BCUT2D eigenvalue weighted by molar-refractivity contribution is -0.121. The minimum Gasteiger partial charge on any atom is -0.383 e. The minimum absolute atomic E-state index is 0.0243. The first kappa shape index (κ1) is 18.3. The van der Waals surface area contributed by atoms with Gasteiger partial charge in [0, 0.05) is 44.2 Å². The van der Waals surface area contributed by atoms with Gasteiger partial charge in [0.15, 0.2) is 5.13 Å². The Bertz CT molecular complexity index is 515. The number of aryl methyl sites for hydroxylation is 2. The summed E-state index contributed by atoms with van der Waals surface area (Å²) in [5.74, 6) is 0.0243. The molecular formula is C16H28N4O2S. The van der Waals surface area contributed by atoms with E-state index < -0.39 is 0 Å². The van der Waals surface area contributed by atoms with Crippen LogP contribution in [0.2, 0.25) is 0 Å². The van der Waals surface area contributed by atoms with Crippen LogP contribution in [0.15, 0.2) is 0 Å². The zero-order valence-corrected chi connectivity index (χ0v) is 15.6. The van der Waals surface area contributed by atoms with Gasteiger partial charge in [-0.25, -0.2) is 4.98 Å². The molecule has 0 radical (unpaired) electrons. The third-order valence-corrected chi connectivity index (χ3v) is 5.55. The van der Waals surface area contributed by atoms with Crippen LogP contribution in [0.25, 0.3) is 0 Å². The van der Waals surface area contributed by atoms with Crippen molar-refractivity contribution in [2.75, 3.05) is 45.2 Å². The predicted octanol–water partition coefficient (Wildman–Crippen LogP) is 1.74. The van der Waals surface area contributed by atoms with Crippen molar-refractivity contribution in [1.82, 2.24) is 14.8 Å². The van der Waals surface area contributed by atoms with E-state index in [1.807, 2.05) is 20.8 Å². The molecular weight excluding hydrogens is 312 g/mol. The van der Waals surface area contributed by atoms with E-state index in [-0.39, 0.29) is 11.9 Å².